The number of benzene rings is 1. The van der Waals surface area contributed by atoms with Crippen molar-refractivity contribution in [3.63, 3.8) is 0 Å². The van der Waals surface area contributed by atoms with Crippen LogP contribution in [0.2, 0.25) is 0 Å². The summed E-state index contributed by atoms with van der Waals surface area (Å²) in [6, 6.07) is 9.56. The zero-order chi connectivity index (χ0) is 11.4. The highest BCUT2D eigenvalue weighted by Crippen LogP contribution is 2.25. The first kappa shape index (κ1) is 11.0. The Morgan fingerprint density at radius 3 is 2.62 bits per heavy atom. The number of hydrogen-bond donors (Lipinski definition) is 2. The zero-order valence-corrected chi connectivity index (χ0v) is 9.19. The maximum absolute atomic E-state index is 9.40. The van der Waals surface area contributed by atoms with Gasteiger partial charge in [-0.25, -0.2) is 0 Å². The number of anilines is 1. The number of nitrogens with zero attached hydrogens (tertiary/aromatic N) is 1. The van der Waals surface area contributed by atoms with E-state index in [0.29, 0.717) is 11.5 Å². The van der Waals surface area contributed by atoms with E-state index in [9.17, 15) is 5.11 Å². The highest BCUT2D eigenvalue weighted by atomic mass is 16.3. The fourth-order valence-electron chi connectivity index (χ4n) is 2.16. The number of aliphatic hydroxyl groups is 1. The molecule has 1 aromatic rings. The van der Waals surface area contributed by atoms with Crippen LogP contribution in [0.1, 0.15) is 24.8 Å². The first-order valence-corrected chi connectivity index (χ1v) is 5.70. The summed E-state index contributed by atoms with van der Waals surface area (Å²) in [4.78, 5) is 0. The summed E-state index contributed by atoms with van der Waals surface area (Å²) in [6.07, 6.45) is 2.83. The minimum absolute atomic E-state index is 0.104. The van der Waals surface area contributed by atoms with E-state index >= 15 is 0 Å². The number of nitrogens with one attached hydrogen (secondary N) is 1. The Kier molecular flexibility index (Phi) is 3.43. The number of aliphatic hydroxyl groups excluding tert-OH is 1. The topological polar surface area (TPSA) is 56.0 Å². The summed E-state index contributed by atoms with van der Waals surface area (Å²) in [5.41, 5.74) is 1.72. The molecule has 0 aliphatic heterocycles. The van der Waals surface area contributed by atoms with Crippen LogP contribution in [-0.2, 0) is 0 Å². The van der Waals surface area contributed by atoms with Crippen LogP contribution < -0.4 is 5.32 Å². The van der Waals surface area contributed by atoms with Gasteiger partial charge in [0.15, 0.2) is 0 Å². The van der Waals surface area contributed by atoms with Gasteiger partial charge in [-0.2, -0.15) is 5.26 Å². The third-order valence-electron chi connectivity index (χ3n) is 3.12. The van der Waals surface area contributed by atoms with Crippen molar-refractivity contribution in [1.82, 2.24) is 0 Å². The Bertz CT molecular complexity index is 380. The van der Waals surface area contributed by atoms with Crippen LogP contribution in [-0.4, -0.2) is 17.8 Å². The second-order valence-electron chi connectivity index (χ2n) is 4.40. The van der Waals surface area contributed by atoms with Crippen LogP contribution in [0.25, 0.3) is 0 Å². The standard InChI is InChI=1S/C13H16N2O/c14-8-10-1-4-12(5-2-10)15-9-11-3-6-13(16)7-11/h1-2,4-5,11,13,15-16H,3,6-7,9H2. The highest BCUT2D eigenvalue weighted by Gasteiger charge is 2.22. The van der Waals surface area contributed by atoms with Crippen molar-refractivity contribution in [2.75, 3.05) is 11.9 Å². The van der Waals surface area contributed by atoms with Gasteiger partial charge < -0.3 is 10.4 Å². The van der Waals surface area contributed by atoms with Gasteiger partial charge in [0.25, 0.3) is 0 Å². The fraction of sp³-hybridized carbons (Fsp3) is 0.462. The molecule has 0 spiro atoms. The second-order valence-corrected chi connectivity index (χ2v) is 4.40. The quantitative estimate of drug-likeness (QED) is 0.813. The Morgan fingerprint density at radius 2 is 2.06 bits per heavy atom. The van der Waals surface area contributed by atoms with Crippen LogP contribution in [0.15, 0.2) is 24.3 Å². The lowest BCUT2D eigenvalue weighted by Crippen LogP contribution is -2.12. The summed E-state index contributed by atoms with van der Waals surface area (Å²) in [5.74, 6) is 0.575. The molecule has 0 amide bonds. The summed E-state index contributed by atoms with van der Waals surface area (Å²) in [7, 11) is 0. The van der Waals surface area contributed by atoms with E-state index in [1.165, 1.54) is 0 Å². The predicted molar refractivity (Wildman–Crippen MR) is 63.0 cm³/mol. The first-order chi connectivity index (χ1) is 7.78. The summed E-state index contributed by atoms with van der Waals surface area (Å²) in [5, 5.41) is 21.4. The van der Waals surface area contributed by atoms with E-state index < -0.39 is 0 Å². The minimum atomic E-state index is -0.104. The van der Waals surface area contributed by atoms with Gasteiger partial charge in [0.1, 0.15) is 0 Å². The average molecular weight is 216 g/mol. The Hall–Kier alpha value is -1.53. The molecule has 16 heavy (non-hydrogen) atoms. The molecule has 0 saturated heterocycles. The van der Waals surface area contributed by atoms with Crippen molar-refractivity contribution in [3.8, 4) is 6.07 Å². The molecule has 1 aliphatic carbocycles. The van der Waals surface area contributed by atoms with Crippen molar-refractivity contribution in [2.45, 2.75) is 25.4 Å². The molecule has 1 saturated carbocycles. The van der Waals surface area contributed by atoms with Gasteiger partial charge in [0, 0.05) is 12.2 Å². The van der Waals surface area contributed by atoms with E-state index in [4.69, 9.17) is 5.26 Å². The predicted octanol–water partition coefficient (Wildman–Crippen LogP) is 2.13. The SMILES string of the molecule is N#Cc1ccc(NCC2CCC(O)C2)cc1. The lowest BCUT2D eigenvalue weighted by molar-refractivity contribution is 0.178. The normalized spacial score (nSPS) is 24.0. The maximum Gasteiger partial charge on any atom is 0.0991 e. The van der Waals surface area contributed by atoms with Crippen molar-refractivity contribution in [1.29, 1.82) is 5.26 Å². The van der Waals surface area contributed by atoms with Crippen molar-refractivity contribution < 1.29 is 5.11 Å². The number of hydrogen-bond acceptors (Lipinski definition) is 3. The number of nitriles is 1. The molecule has 2 N–H and O–H groups in total. The van der Waals surface area contributed by atoms with Gasteiger partial charge in [-0.15, -0.1) is 0 Å². The van der Waals surface area contributed by atoms with Crippen molar-refractivity contribution in [3.05, 3.63) is 29.8 Å². The summed E-state index contributed by atoms with van der Waals surface area (Å²) < 4.78 is 0. The Morgan fingerprint density at radius 1 is 1.31 bits per heavy atom. The highest BCUT2D eigenvalue weighted by molar-refractivity contribution is 5.47. The van der Waals surface area contributed by atoms with Crippen LogP contribution in [0.4, 0.5) is 5.69 Å². The van der Waals surface area contributed by atoms with E-state index in [2.05, 4.69) is 11.4 Å². The van der Waals surface area contributed by atoms with Crippen LogP contribution in [0, 0.1) is 17.2 Å². The molecule has 0 radical (unpaired) electrons. The van der Waals surface area contributed by atoms with Gasteiger partial charge in [-0.3, -0.25) is 0 Å². The molecule has 3 nitrogen and oxygen atoms in total. The lowest BCUT2D eigenvalue weighted by atomic mass is 10.1. The van der Waals surface area contributed by atoms with Gasteiger partial charge in [-0.1, -0.05) is 0 Å². The summed E-state index contributed by atoms with van der Waals surface area (Å²) in [6.45, 7) is 0.906. The summed E-state index contributed by atoms with van der Waals surface area (Å²) >= 11 is 0. The van der Waals surface area contributed by atoms with E-state index in [1.54, 1.807) is 0 Å². The smallest absolute Gasteiger partial charge is 0.0991 e. The molecule has 2 rings (SSSR count). The molecule has 2 unspecified atom stereocenters. The van der Waals surface area contributed by atoms with Gasteiger partial charge in [0.05, 0.1) is 17.7 Å². The molecule has 0 bridgehead atoms. The first-order valence-electron chi connectivity index (χ1n) is 5.70. The molecular weight excluding hydrogens is 200 g/mol. The molecule has 1 aliphatic rings. The van der Waals surface area contributed by atoms with Crippen LogP contribution in [0.5, 0.6) is 0 Å². The van der Waals surface area contributed by atoms with E-state index in [1.807, 2.05) is 24.3 Å². The van der Waals surface area contributed by atoms with Gasteiger partial charge in [-0.05, 0) is 49.4 Å². The zero-order valence-electron chi connectivity index (χ0n) is 9.19. The van der Waals surface area contributed by atoms with Crippen molar-refractivity contribution in [2.24, 2.45) is 5.92 Å². The van der Waals surface area contributed by atoms with E-state index in [-0.39, 0.29) is 6.10 Å². The minimum Gasteiger partial charge on any atom is -0.393 e. The monoisotopic (exact) mass is 216 g/mol. The number of rotatable bonds is 3. The average Bonchev–Trinajstić information content (AvgIpc) is 2.73. The molecule has 0 heterocycles. The fourth-order valence-corrected chi connectivity index (χ4v) is 2.16. The van der Waals surface area contributed by atoms with Crippen molar-refractivity contribution >= 4 is 5.69 Å². The molecular formula is C13H16N2O. The van der Waals surface area contributed by atoms with Crippen LogP contribution in [0.3, 0.4) is 0 Å². The molecule has 1 fully saturated rings. The molecule has 84 valence electrons. The molecule has 3 heteroatoms. The van der Waals surface area contributed by atoms with E-state index in [0.717, 1.165) is 31.5 Å². The lowest BCUT2D eigenvalue weighted by Gasteiger charge is -2.11. The Balaban J connectivity index is 1.83. The molecule has 2 atom stereocenters. The third-order valence-corrected chi connectivity index (χ3v) is 3.12. The maximum atomic E-state index is 9.40. The van der Waals surface area contributed by atoms with Gasteiger partial charge in [0.2, 0.25) is 0 Å². The van der Waals surface area contributed by atoms with Gasteiger partial charge >= 0.3 is 0 Å². The largest absolute Gasteiger partial charge is 0.393 e. The third kappa shape index (κ3) is 2.74. The second kappa shape index (κ2) is 5.00. The molecule has 1 aromatic carbocycles. The van der Waals surface area contributed by atoms with Crippen LogP contribution >= 0.6 is 0 Å². The Labute approximate surface area is 95.7 Å². The molecule has 0 aromatic heterocycles.